The van der Waals surface area contributed by atoms with Crippen LogP contribution >= 0.6 is 0 Å². The van der Waals surface area contributed by atoms with E-state index in [4.69, 9.17) is 4.52 Å². The molecule has 1 unspecified atom stereocenters. The smallest absolute Gasteiger partial charge is 0.227 e. The van der Waals surface area contributed by atoms with Crippen LogP contribution in [0.5, 0.6) is 0 Å². The van der Waals surface area contributed by atoms with Gasteiger partial charge in [-0.2, -0.15) is 4.98 Å². The van der Waals surface area contributed by atoms with E-state index in [1.54, 1.807) is 0 Å². The largest absolute Gasteiger partial charge is 0.340 e. The van der Waals surface area contributed by atoms with E-state index < -0.39 is 0 Å². The number of hydrogen-bond donors (Lipinski definition) is 1. The van der Waals surface area contributed by atoms with Crippen LogP contribution in [-0.4, -0.2) is 46.8 Å². The van der Waals surface area contributed by atoms with Crippen molar-refractivity contribution in [1.82, 2.24) is 20.4 Å². The first-order chi connectivity index (χ1) is 8.26. The Kier molecular flexibility index (Phi) is 2.88. The highest BCUT2D eigenvalue weighted by atomic mass is 16.5. The van der Waals surface area contributed by atoms with Crippen LogP contribution in [0, 0.1) is 5.92 Å². The molecule has 1 saturated carbocycles. The highest BCUT2D eigenvalue weighted by molar-refractivity contribution is 5.02. The van der Waals surface area contributed by atoms with Gasteiger partial charge in [0.1, 0.15) is 0 Å². The van der Waals surface area contributed by atoms with E-state index in [0.29, 0.717) is 5.54 Å². The zero-order chi connectivity index (χ0) is 11.7. The quantitative estimate of drug-likeness (QED) is 0.833. The SMILES string of the molecule is CC1(C2CC2)CN(CCc2ncno2)CCN1. The average Bonchev–Trinajstić information content (AvgIpc) is 3.06. The lowest BCUT2D eigenvalue weighted by Gasteiger charge is -2.42. The maximum atomic E-state index is 5.03. The Morgan fingerprint density at radius 3 is 3.18 bits per heavy atom. The molecule has 0 radical (unpaired) electrons. The Hall–Kier alpha value is -0.940. The molecule has 1 aromatic rings. The molecular weight excluding hydrogens is 216 g/mol. The summed E-state index contributed by atoms with van der Waals surface area (Å²) in [6.45, 7) is 6.74. The molecule has 2 fully saturated rings. The number of hydrogen-bond acceptors (Lipinski definition) is 5. The molecule has 1 N–H and O–H groups in total. The second-order valence-electron chi connectivity index (χ2n) is 5.48. The van der Waals surface area contributed by atoms with Gasteiger partial charge in [0.05, 0.1) is 0 Å². The van der Waals surface area contributed by atoms with Crippen molar-refractivity contribution in [3.05, 3.63) is 12.2 Å². The van der Waals surface area contributed by atoms with Gasteiger partial charge in [-0.3, -0.25) is 4.90 Å². The summed E-state index contributed by atoms with van der Waals surface area (Å²) in [6.07, 6.45) is 5.12. The summed E-state index contributed by atoms with van der Waals surface area (Å²) in [6, 6.07) is 0. The number of piperazine rings is 1. The Morgan fingerprint density at radius 1 is 1.59 bits per heavy atom. The van der Waals surface area contributed by atoms with E-state index in [2.05, 4.69) is 27.3 Å². The van der Waals surface area contributed by atoms with Crippen molar-refractivity contribution in [2.24, 2.45) is 5.92 Å². The van der Waals surface area contributed by atoms with Crippen LogP contribution in [0.1, 0.15) is 25.7 Å². The van der Waals surface area contributed by atoms with Crippen LogP contribution in [-0.2, 0) is 6.42 Å². The van der Waals surface area contributed by atoms with Crippen LogP contribution in [0.4, 0.5) is 0 Å². The standard InChI is InChI=1S/C12H20N4O/c1-12(10-2-3-10)8-16(7-5-14-12)6-4-11-13-9-15-17-11/h9-10,14H,2-8H2,1H3. The fourth-order valence-corrected chi connectivity index (χ4v) is 2.84. The summed E-state index contributed by atoms with van der Waals surface area (Å²) < 4.78 is 5.03. The molecule has 0 spiro atoms. The van der Waals surface area contributed by atoms with E-state index in [1.165, 1.54) is 19.2 Å². The van der Waals surface area contributed by atoms with Crippen molar-refractivity contribution in [3.63, 3.8) is 0 Å². The molecule has 1 aromatic heterocycles. The Morgan fingerprint density at radius 2 is 2.47 bits per heavy atom. The third kappa shape index (κ3) is 2.50. The van der Waals surface area contributed by atoms with Gasteiger partial charge in [-0.05, 0) is 25.7 Å². The van der Waals surface area contributed by atoms with Crippen molar-refractivity contribution in [3.8, 4) is 0 Å². The van der Waals surface area contributed by atoms with E-state index in [1.807, 2.05) is 0 Å². The topological polar surface area (TPSA) is 54.2 Å². The lowest BCUT2D eigenvalue weighted by atomic mass is 9.93. The van der Waals surface area contributed by atoms with Gasteiger partial charge in [0.15, 0.2) is 6.33 Å². The monoisotopic (exact) mass is 236 g/mol. The fourth-order valence-electron chi connectivity index (χ4n) is 2.84. The minimum Gasteiger partial charge on any atom is -0.340 e. The van der Waals surface area contributed by atoms with Crippen LogP contribution in [0.25, 0.3) is 0 Å². The van der Waals surface area contributed by atoms with Crippen LogP contribution in [0.15, 0.2) is 10.9 Å². The van der Waals surface area contributed by atoms with E-state index in [9.17, 15) is 0 Å². The van der Waals surface area contributed by atoms with Gasteiger partial charge in [-0.25, -0.2) is 0 Å². The molecule has 0 aromatic carbocycles. The van der Waals surface area contributed by atoms with Crippen molar-refractivity contribution in [2.45, 2.75) is 31.7 Å². The lowest BCUT2D eigenvalue weighted by Crippen LogP contribution is -2.60. The van der Waals surface area contributed by atoms with Gasteiger partial charge in [-0.15, -0.1) is 0 Å². The molecule has 94 valence electrons. The van der Waals surface area contributed by atoms with E-state index >= 15 is 0 Å². The molecule has 1 aliphatic carbocycles. The molecule has 0 bridgehead atoms. The summed E-state index contributed by atoms with van der Waals surface area (Å²) in [5.41, 5.74) is 0.326. The number of aromatic nitrogens is 2. The summed E-state index contributed by atoms with van der Waals surface area (Å²) >= 11 is 0. The van der Waals surface area contributed by atoms with E-state index in [0.717, 1.165) is 44.4 Å². The maximum Gasteiger partial charge on any atom is 0.227 e. The predicted octanol–water partition coefficient (Wildman–Crippen LogP) is 0.686. The minimum atomic E-state index is 0.326. The minimum absolute atomic E-state index is 0.326. The molecule has 0 amide bonds. The van der Waals surface area contributed by atoms with Crippen LogP contribution in [0.3, 0.4) is 0 Å². The number of nitrogens with zero attached hydrogens (tertiary/aromatic N) is 3. The zero-order valence-corrected chi connectivity index (χ0v) is 10.4. The lowest BCUT2D eigenvalue weighted by molar-refractivity contribution is 0.126. The van der Waals surface area contributed by atoms with Crippen molar-refractivity contribution >= 4 is 0 Å². The van der Waals surface area contributed by atoms with Gasteiger partial charge in [0, 0.05) is 38.1 Å². The molecule has 2 aliphatic rings. The van der Waals surface area contributed by atoms with Gasteiger partial charge < -0.3 is 9.84 Å². The second kappa shape index (κ2) is 4.38. The first kappa shape index (κ1) is 11.2. The molecule has 5 nitrogen and oxygen atoms in total. The Balaban J connectivity index is 1.53. The van der Waals surface area contributed by atoms with Gasteiger partial charge in [0.25, 0.3) is 0 Å². The zero-order valence-electron chi connectivity index (χ0n) is 10.4. The average molecular weight is 236 g/mol. The number of rotatable bonds is 4. The molecule has 17 heavy (non-hydrogen) atoms. The van der Waals surface area contributed by atoms with Crippen LogP contribution < -0.4 is 5.32 Å². The van der Waals surface area contributed by atoms with E-state index in [-0.39, 0.29) is 0 Å². The highest BCUT2D eigenvalue weighted by Gasteiger charge is 2.43. The third-order valence-electron chi connectivity index (χ3n) is 4.04. The van der Waals surface area contributed by atoms with Crippen molar-refractivity contribution in [1.29, 1.82) is 0 Å². The van der Waals surface area contributed by atoms with Crippen LogP contribution in [0.2, 0.25) is 0 Å². The highest BCUT2D eigenvalue weighted by Crippen LogP contribution is 2.40. The van der Waals surface area contributed by atoms with Crippen molar-refractivity contribution < 1.29 is 4.52 Å². The normalized spacial score (nSPS) is 30.6. The molecule has 2 heterocycles. The first-order valence-corrected chi connectivity index (χ1v) is 6.49. The molecule has 1 atom stereocenters. The summed E-state index contributed by atoms with van der Waals surface area (Å²) in [7, 11) is 0. The molecular formula is C12H20N4O. The summed E-state index contributed by atoms with van der Waals surface area (Å²) in [5, 5.41) is 7.32. The Labute approximate surface area is 102 Å². The predicted molar refractivity (Wildman–Crippen MR) is 63.6 cm³/mol. The second-order valence-corrected chi connectivity index (χ2v) is 5.48. The van der Waals surface area contributed by atoms with Gasteiger partial charge in [0.2, 0.25) is 5.89 Å². The summed E-state index contributed by atoms with van der Waals surface area (Å²) in [5.74, 6) is 1.63. The number of nitrogens with one attached hydrogen (secondary N) is 1. The Bertz CT molecular complexity index is 363. The van der Waals surface area contributed by atoms with Gasteiger partial charge in [-0.1, -0.05) is 5.16 Å². The molecule has 1 saturated heterocycles. The fraction of sp³-hybridized carbons (Fsp3) is 0.833. The third-order valence-corrected chi connectivity index (χ3v) is 4.04. The molecule has 3 rings (SSSR count). The van der Waals surface area contributed by atoms with Crippen molar-refractivity contribution in [2.75, 3.05) is 26.2 Å². The summed E-state index contributed by atoms with van der Waals surface area (Å²) in [4.78, 5) is 6.58. The van der Waals surface area contributed by atoms with Gasteiger partial charge >= 0.3 is 0 Å². The molecule has 5 heteroatoms. The maximum absolute atomic E-state index is 5.03. The first-order valence-electron chi connectivity index (χ1n) is 6.49. The molecule has 1 aliphatic heterocycles.